The number of anilines is 1. The molecule has 0 bridgehead atoms. The molecule has 0 saturated carbocycles. The smallest absolute Gasteiger partial charge is 0.269 e. The van der Waals surface area contributed by atoms with Crippen molar-refractivity contribution in [2.24, 2.45) is 0 Å². The van der Waals surface area contributed by atoms with Crippen molar-refractivity contribution in [3.8, 4) is 0 Å². The number of nitro groups is 1. The van der Waals surface area contributed by atoms with Crippen LogP contribution in [0.1, 0.15) is 28.9 Å². The SMILES string of the molecule is CC(=O)Nc1ccc(C(=O)NN2C(=O)[C@H](Cl)[C@H]2c2ccc([N+](=O)[O-])cc2)cc1. The molecule has 0 spiro atoms. The molecule has 2 aromatic rings. The number of carbonyl (C=O) groups excluding carboxylic acids is 3. The van der Waals surface area contributed by atoms with Crippen LogP contribution in [0.5, 0.6) is 0 Å². The number of carbonyl (C=O) groups is 3. The van der Waals surface area contributed by atoms with E-state index in [1.165, 1.54) is 43.3 Å². The number of hydrogen-bond donors (Lipinski definition) is 2. The van der Waals surface area contributed by atoms with Crippen LogP contribution in [0, 0.1) is 10.1 Å². The fourth-order valence-corrected chi connectivity index (χ4v) is 3.14. The van der Waals surface area contributed by atoms with Gasteiger partial charge in [-0.25, -0.2) is 5.01 Å². The first kappa shape index (κ1) is 19.3. The van der Waals surface area contributed by atoms with E-state index in [4.69, 9.17) is 11.6 Å². The summed E-state index contributed by atoms with van der Waals surface area (Å²) < 4.78 is 0. The highest BCUT2D eigenvalue weighted by Gasteiger charge is 2.48. The highest BCUT2D eigenvalue weighted by atomic mass is 35.5. The molecule has 1 fully saturated rings. The summed E-state index contributed by atoms with van der Waals surface area (Å²) in [7, 11) is 0. The van der Waals surface area contributed by atoms with Crippen molar-refractivity contribution in [1.29, 1.82) is 0 Å². The third kappa shape index (κ3) is 3.79. The molecular formula is C18H15ClN4O5. The number of alkyl halides is 1. The number of hydrazine groups is 1. The normalized spacial score (nSPS) is 18.2. The van der Waals surface area contributed by atoms with Crippen LogP contribution in [0.25, 0.3) is 0 Å². The number of nitrogens with zero attached hydrogens (tertiary/aromatic N) is 2. The number of amides is 3. The Bertz CT molecular complexity index is 945. The number of nitro benzene ring substituents is 1. The Hall–Kier alpha value is -3.46. The van der Waals surface area contributed by atoms with Crippen molar-refractivity contribution in [2.75, 3.05) is 5.32 Å². The van der Waals surface area contributed by atoms with Crippen molar-refractivity contribution >= 4 is 40.7 Å². The number of non-ortho nitro benzene ring substituents is 1. The number of benzene rings is 2. The number of halogens is 1. The Morgan fingerprint density at radius 3 is 2.25 bits per heavy atom. The fraction of sp³-hybridized carbons (Fsp3) is 0.167. The molecule has 1 saturated heterocycles. The van der Waals surface area contributed by atoms with Gasteiger partial charge in [-0.1, -0.05) is 0 Å². The summed E-state index contributed by atoms with van der Waals surface area (Å²) in [6.45, 7) is 1.37. The third-order valence-electron chi connectivity index (χ3n) is 4.16. The van der Waals surface area contributed by atoms with Gasteiger partial charge in [0.25, 0.3) is 17.5 Å². The zero-order chi connectivity index (χ0) is 20.4. The molecular weight excluding hydrogens is 388 g/mol. The maximum atomic E-state index is 12.4. The maximum absolute atomic E-state index is 12.4. The van der Waals surface area contributed by atoms with Gasteiger partial charge in [-0.15, -0.1) is 11.6 Å². The van der Waals surface area contributed by atoms with E-state index in [1.807, 2.05) is 0 Å². The molecule has 1 heterocycles. The Labute approximate surface area is 164 Å². The molecule has 0 unspecified atom stereocenters. The first-order valence-electron chi connectivity index (χ1n) is 8.18. The third-order valence-corrected chi connectivity index (χ3v) is 4.59. The second-order valence-electron chi connectivity index (χ2n) is 6.10. The van der Waals surface area contributed by atoms with Crippen LogP contribution in [-0.4, -0.2) is 33.0 Å². The molecule has 144 valence electrons. The highest BCUT2D eigenvalue weighted by Crippen LogP contribution is 2.37. The Balaban J connectivity index is 1.72. The lowest BCUT2D eigenvalue weighted by Gasteiger charge is -2.43. The topological polar surface area (TPSA) is 122 Å². The lowest BCUT2D eigenvalue weighted by molar-refractivity contribution is -0.384. The van der Waals surface area contributed by atoms with Crippen LogP contribution >= 0.6 is 11.6 Å². The quantitative estimate of drug-likeness (QED) is 0.344. The van der Waals surface area contributed by atoms with Gasteiger partial charge in [0.15, 0.2) is 0 Å². The van der Waals surface area contributed by atoms with Crippen LogP contribution in [0.3, 0.4) is 0 Å². The average Bonchev–Trinajstić information content (AvgIpc) is 2.67. The summed E-state index contributed by atoms with van der Waals surface area (Å²) in [4.78, 5) is 45.8. The molecule has 28 heavy (non-hydrogen) atoms. The van der Waals surface area contributed by atoms with Gasteiger partial charge in [-0.3, -0.25) is 29.9 Å². The van der Waals surface area contributed by atoms with E-state index in [0.717, 1.165) is 5.01 Å². The minimum absolute atomic E-state index is 0.0876. The van der Waals surface area contributed by atoms with E-state index < -0.39 is 28.2 Å². The van der Waals surface area contributed by atoms with Crippen LogP contribution in [0.15, 0.2) is 48.5 Å². The first-order chi connectivity index (χ1) is 13.3. The monoisotopic (exact) mass is 402 g/mol. The van der Waals surface area contributed by atoms with E-state index in [9.17, 15) is 24.5 Å². The molecule has 0 aliphatic carbocycles. The second-order valence-corrected chi connectivity index (χ2v) is 6.57. The standard InChI is InChI=1S/C18H15ClN4O5/c1-10(24)20-13-6-2-12(3-7-13)17(25)21-22-16(15(19)18(22)26)11-4-8-14(9-5-11)23(27)28/h2-9,15-16H,1H3,(H,20,24)(H,21,25)/t15-,16-/m1/s1. The van der Waals surface area contributed by atoms with Crippen molar-refractivity contribution < 1.29 is 19.3 Å². The van der Waals surface area contributed by atoms with Gasteiger partial charge in [0.05, 0.1) is 4.92 Å². The Morgan fingerprint density at radius 2 is 1.71 bits per heavy atom. The molecule has 2 N–H and O–H groups in total. The van der Waals surface area contributed by atoms with Gasteiger partial charge in [0.2, 0.25) is 5.91 Å². The Kier molecular flexibility index (Phi) is 5.27. The zero-order valence-corrected chi connectivity index (χ0v) is 15.3. The van der Waals surface area contributed by atoms with Crippen molar-refractivity contribution in [3.63, 3.8) is 0 Å². The van der Waals surface area contributed by atoms with E-state index in [0.29, 0.717) is 11.3 Å². The summed E-state index contributed by atoms with van der Waals surface area (Å²) in [5, 5.41) is 13.6. The molecule has 1 aliphatic rings. The number of hydrogen-bond acceptors (Lipinski definition) is 5. The van der Waals surface area contributed by atoms with Crippen LogP contribution < -0.4 is 10.7 Å². The zero-order valence-electron chi connectivity index (χ0n) is 14.6. The highest BCUT2D eigenvalue weighted by molar-refractivity contribution is 6.33. The number of β-lactam (4-membered cyclic amide) rings is 1. The van der Waals surface area contributed by atoms with Crippen LogP contribution in [0.2, 0.25) is 0 Å². The van der Waals surface area contributed by atoms with Gasteiger partial charge in [0, 0.05) is 30.3 Å². The van der Waals surface area contributed by atoms with Crippen molar-refractivity contribution in [1.82, 2.24) is 10.4 Å². The Morgan fingerprint density at radius 1 is 1.11 bits per heavy atom. The van der Waals surface area contributed by atoms with Crippen molar-refractivity contribution in [3.05, 3.63) is 69.8 Å². The summed E-state index contributed by atoms with van der Waals surface area (Å²) >= 11 is 6.08. The van der Waals surface area contributed by atoms with Gasteiger partial charge < -0.3 is 5.32 Å². The molecule has 1 aliphatic heterocycles. The number of rotatable bonds is 5. The predicted octanol–water partition coefficient (Wildman–Crippen LogP) is 2.39. The second kappa shape index (κ2) is 7.65. The summed E-state index contributed by atoms with van der Waals surface area (Å²) in [6, 6.07) is 11.1. The van der Waals surface area contributed by atoms with Crippen LogP contribution in [0.4, 0.5) is 11.4 Å². The molecule has 10 heteroatoms. The fourth-order valence-electron chi connectivity index (χ4n) is 2.77. The predicted molar refractivity (Wildman–Crippen MR) is 101 cm³/mol. The summed E-state index contributed by atoms with van der Waals surface area (Å²) in [6.07, 6.45) is 0. The molecule has 2 atom stereocenters. The van der Waals surface area contributed by atoms with Gasteiger partial charge in [-0.2, -0.15) is 0 Å². The first-order valence-corrected chi connectivity index (χ1v) is 8.61. The maximum Gasteiger partial charge on any atom is 0.269 e. The number of nitrogens with one attached hydrogen (secondary N) is 2. The molecule has 2 aromatic carbocycles. The molecule has 3 amide bonds. The average molecular weight is 403 g/mol. The summed E-state index contributed by atoms with van der Waals surface area (Å²) in [5.41, 5.74) is 3.79. The van der Waals surface area contributed by atoms with E-state index >= 15 is 0 Å². The van der Waals surface area contributed by atoms with E-state index in [2.05, 4.69) is 10.7 Å². The lowest BCUT2D eigenvalue weighted by Crippen LogP contribution is -2.63. The minimum atomic E-state index is -0.885. The van der Waals surface area contributed by atoms with Gasteiger partial charge >= 0.3 is 0 Å². The molecule has 3 rings (SSSR count). The molecule has 9 nitrogen and oxygen atoms in total. The molecule has 0 radical (unpaired) electrons. The lowest BCUT2D eigenvalue weighted by atomic mass is 9.95. The minimum Gasteiger partial charge on any atom is -0.326 e. The largest absolute Gasteiger partial charge is 0.326 e. The van der Waals surface area contributed by atoms with E-state index in [1.54, 1.807) is 12.1 Å². The summed E-state index contributed by atoms with van der Waals surface area (Å²) in [5.74, 6) is -1.24. The van der Waals surface area contributed by atoms with Crippen LogP contribution in [-0.2, 0) is 9.59 Å². The van der Waals surface area contributed by atoms with Gasteiger partial charge in [0.1, 0.15) is 11.4 Å². The van der Waals surface area contributed by atoms with Gasteiger partial charge in [-0.05, 0) is 42.0 Å². The molecule has 0 aromatic heterocycles. The van der Waals surface area contributed by atoms with E-state index in [-0.39, 0.29) is 17.2 Å². The van der Waals surface area contributed by atoms with Crippen molar-refractivity contribution in [2.45, 2.75) is 18.3 Å².